The van der Waals surface area contributed by atoms with Crippen molar-refractivity contribution >= 4 is 17.8 Å². The summed E-state index contributed by atoms with van der Waals surface area (Å²) in [6.45, 7) is 26.6. The summed E-state index contributed by atoms with van der Waals surface area (Å²) in [6.07, 6.45) is 7.67. The molecular formula is C55H89N5O11. The summed E-state index contributed by atoms with van der Waals surface area (Å²) < 4.78 is 41.9. The van der Waals surface area contributed by atoms with Crippen LogP contribution in [-0.2, 0) is 44.6 Å². The van der Waals surface area contributed by atoms with E-state index in [1.165, 1.54) is 4.90 Å². The second-order valence-electron chi connectivity index (χ2n) is 22.2. The zero-order valence-corrected chi connectivity index (χ0v) is 45.4. The van der Waals surface area contributed by atoms with E-state index in [0.717, 1.165) is 30.6 Å². The largest absolute Gasteiger partial charge is 0.465 e. The van der Waals surface area contributed by atoms with Gasteiger partial charge in [0.25, 0.3) is 0 Å². The second-order valence-corrected chi connectivity index (χ2v) is 22.2. The molecule has 2 aromatic heterocycles. The molecule has 1 amide bonds. The van der Waals surface area contributed by atoms with Crippen molar-refractivity contribution in [3.05, 3.63) is 49.7 Å². The van der Waals surface area contributed by atoms with Crippen molar-refractivity contribution in [2.45, 2.75) is 200 Å². The number of pyridine rings is 1. The van der Waals surface area contributed by atoms with Gasteiger partial charge in [-0.05, 0) is 91.3 Å². The number of ether oxygens (including phenoxy) is 6. The Bertz CT molecular complexity index is 2040. The lowest BCUT2D eigenvalue weighted by Gasteiger charge is -2.52. The molecule has 3 aliphatic heterocycles. The zero-order valence-electron chi connectivity index (χ0n) is 45.4. The fourth-order valence-corrected chi connectivity index (χ4v) is 12.5. The van der Waals surface area contributed by atoms with Crippen LogP contribution in [0, 0.1) is 35.0 Å². The molecule has 1 unspecified atom stereocenters. The van der Waals surface area contributed by atoms with E-state index in [0.29, 0.717) is 32.2 Å². The number of methoxy groups -OCH3 is 2. The first-order valence-electron chi connectivity index (χ1n) is 26.2. The van der Waals surface area contributed by atoms with Gasteiger partial charge in [0.15, 0.2) is 6.29 Å². The van der Waals surface area contributed by atoms with Gasteiger partial charge in [-0.1, -0.05) is 54.5 Å². The Hall–Kier alpha value is -3.77. The van der Waals surface area contributed by atoms with E-state index in [4.69, 9.17) is 28.4 Å². The number of hydrogen-bond donors (Lipinski definition) is 2. The van der Waals surface area contributed by atoms with Gasteiger partial charge in [-0.25, -0.2) is 9.78 Å². The molecule has 2 N–H and O–H groups in total. The third-order valence-electron chi connectivity index (χ3n) is 16.7. The van der Waals surface area contributed by atoms with Gasteiger partial charge in [0, 0.05) is 100 Å². The molecule has 71 heavy (non-hydrogen) atoms. The number of esters is 1. The third kappa shape index (κ3) is 13.5. The van der Waals surface area contributed by atoms with Gasteiger partial charge in [-0.3, -0.25) is 14.6 Å². The highest BCUT2D eigenvalue weighted by atomic mass is 16.7. The number of amides is 1. The summed E-state index contributed by atoms with van der Waals surface area (Å²) in [5.41, 5.74) is -1.49. The Morgan fingerprint density at radius 3 is 2.31 bits per heavy atom. The molecule has 0 spiro atoms. The van der Waals surface area contributed by atoms with Crippen molar-refractivity contribution in [2.24, 2.45) is 35.0 Å². The van der Waals surface area contributed by atoms with Crippen molar-refractivity contribution in [3.8, 4) is 11.3 Å². The number of aryl methyl sites for hydroxylation is 1. The van der Waals surface area contributed by atoms with Gasteiger partial charge in [-0.15, -0.1) is 6.58 Å². The summed E-state index contributed by atoms with van der Waals surface area (Å²) >= 11 is 0. The van der Waals surface area contributed by atoms with E-state index in [2.05, 4.69) is 42.3 Å². The fraction of sp³-hybridized carbons (Fsp3) is 0.764. The number of unbranched alkanes of at least 4 members (excludes halogenated alkanes) is 1. The maximum absolute atomic E-state index is 15.3. The topological polar surface area (TPSA) is 184 Å². The molecule has 0 radical (unpaired) electrons. The Labute approximate surface area is 424 Å². The molecular weight excluding hydrogens is 907 g/mol. The first kappa shape index (κ1) is 58.1. The average molecular weight is 996 g/mol. The Kier molecular flexibility index (Phi) is 20.4. The standard InChI is InChI=1S/C55H89N5O11/c1-16-18-24-58(13)41-27-35(4)68-45(28-41)71-50-36(5)46(43-30-54(11,66-14)49(62)39(8)69-43)37(6)51(63)70-44(17-2)53(9,10)48(38(7)47(61)34(3)29-55(50,12)67-15)60(52(64)65)26-20-19-25-59-32-42(57-33-59)40-22-21-23-56-31-40/h16,21-23,31-39,41,43-46,48-50,62H,1,17-20,24-30H2,2-15H3,(H,64,65)/t34-,35-,36+,37-,38+,39+,41+,43?,44-,45+,46+,48-,49+,50-,54-,55-/m1/s1. The van der Waals surface area contributed by atoms with Crippen LogP contribution in [0.5, 0.6) is 0 Å². The summed E-state index contributed by atoms with van der Waals surface area (Å²) in [6, 6.07) is 3.09. The number of aromatic nitrogens is 3. The van der Waals surface area contributed by atoms with Crippen molar-refractivity contribution in [1.29, 1.82) is 0 Å². The Balaban J connectivity index is 1.57. The molecule has 0 aliphatic carbocycles. The number of carbonyl (C=O) groups excluding carboxylic acids is 2. The van der Waals surface area contributed by atoms with Gasteiger partial charge < -0.3 is 53.0 Å². The number of carboxylic acid groups (broad SMARTS) is 1. The molecule has 3 saturated heterocycles. The number of imidazole rings is 1. The number of cyclic esters (lactones) is 1. The van der Waals surface area contributed by atoms with Crippen LogP contribution < -0.4 is 0 Å². The number of carbonyl (C=O) groups is 3. The monoisotopic (exact) mass is 996 g/mol. The van der Waals surface area contributed by atoms with Crippen molar-refractivity contribution in [1.82, 2.24) is 24.3 Å². The van der Waals surface area contributed by atoms with Gasteiger partial charge >= 0.3 is 12.1 Å². The maximum Gasteiger partial charge on any atom is 0.407 e. The van der Waals surface area contributed by atoms with Crippen LogP contribution in [0.3, 0.4) is 0 Å². The van der Waals surface area contributed by atoms with E-state index in [1.54, 1.807) is 32.9 Å². The van der Waals surface area contributed by atoms with Crippen LogP contribution in [0.25, 0.3) is 11.3 Å². The predicted molar refractivity (Wildman–Crippen MR) is 272 cm³/mol. The number of aliphatic hydroxyl groups is 1. The number of hydrogen-bond acceptors (Lipinski definition) is 13. The second kappa shape index (κ2) is 25.0. The SMILES string of the molecule is C=CCCN(C)[C@@H]1C[C@H](O[C@@H]2[C@@H](C)[C@H](C3C[C@@](C)(OC)[C@@H](O)[C@H](C)O3)[C@@H](C)C(=O)O[C@H](CC)C(C)(C)[C@H](N(CCCCn3cnc(-c4cccnc4)c3)C(=O)O)[C@@H](C)C(=O)[C@H](C)C[C@@]2(C)OC)O[C@H](C)C1. The van der Waals surface area contributed by atoms with Crippen molar-refractivity contribution in [3.63, 3.8) is 0 Å². The quantitative estimate of drug-likeness (QED) is 0.0872. The molecule has 16 heteroatoms. The summed E-state index contributed by atoms with van der Waals surface area (Å²) in [4.78, 5) is 56.5. The van der Waals surface area contributed by atoms with Gasteiger partial charge in [-0.2, -0.15) is 0 Å². The van der Waals surface area contributed by atoms with E-state index >= 15 is 9.59 Å². The summed E-state index contributed by atoms with van der Waals surface area (Å²) in [5, 5.41) is 22.5. The van der Waals surface area contributed by atoms with E-state index < -0.39 is 101 Å². The van der Waals surface area contributed by atoms with Gasteiger partial charge in [0.05, 0.1) is 59.6 Å². The van der Waals surface area contributed by atoms with Crippen LogP contribution in [0.4, 0.5) is 4.79 Å². The van der Waals surface area contributed by atoms with E-state index in [-0.39, 0.29) is 37.3 Å². The highest BCUT2D eigenvalue weighted by molar-refractivity contribution is 5.84. The molecule has 0 saturated carbocycles. The molecule has 0 aromatic carbocycles. The highest BCUT2D eigenvalue weighted by Gasteiger charge is 2.56. The average Bonchev–Trinajstić information content (AvgIpc) is 3.82. The van der Waals surface area contributed by atoms with E-state index in [9.17, 15) is 15.0 Å². The lowest BCUT2D eigenvalue weighted by molar-refractivity contribution is -0.278. The van der Waals surface area contributed by atoms with Gasteiger partial charge in [0.2, 0.25) is 0 Å². The molecule has 3 aliphatic rings. The number of Topliss-reactive ketones (excluding diaryl/α,β-unsaturated/α-hetero) is 1. The highest BCUT2D eigenvalue weighted by Crippen LogP contribution is 2.47. The minimum absolute atomic E-state index is 0.121. The molecule has 5 heterocycles. The lowest BCUT2D eigenvalue weighted by atomic mass is 9.66. The summed E-state index contributed by atoms with van der Waals surface area (Å²) in [5.74, 6) is -3.91. The molecule has 400 valence electrons. The lowest BCUT2D eigenvalue weighted by Crippen LogP contribution is -2.62. The summed E-state index contributed by atoms with van der Waals surface area (Å²) in [7, 11) is 5.31. The van der Waals surface area contributed by atoms with E-state index in [1.807, 2.05) is 91.3 Å². The number of nitrogens with zero attached hydrogens (tertiary/aromatic N) is 5. The molecule has 5 rings (SSSR count). The van der Waals surface area contributed by atoms with Crippen LogP contribution in [-0.4, -0.2) is 153 Å². The number of ketones is 1. The first-order chi connectivity index (χ1) is 33.5. The smallest absolute Gasteiger partial charge is 0.407 e. The number of rotatable bonds is 17. The first-order valence-corrected chi connectivity index (χ1v) is 26.2. The van der Waals surface area contributed by atoms with Crippen LogP contribution in [0.15, 0.2) is 49.7 Å². The van der Waals surface area contributed by atoms with Crippen molar-refractivity contribution < 1.29 is 53.0 Å². The maximum atomic E-state index is 15.3. The zero-order chi connectivity index (χ0) is 52.6. The van der Waals surface area contributed by atoms with Crippen molar-refractivity contribution in [2.75, 3.05) is 34.4 Å². The molecule has 3 fully saturated rings. The number of aliphatic hydroxyl groups excluding tert-OH is 1. The van der Waals surface area contributed by atoms with Crippen LogP contribution in [0.1, 0.15) is 128 Å². The minimum atomic E-state index is -1.15. The predicted octanol–water partition coefficient (Wildman–Crippen LogP) is 8.69. The molecule has 2 aromatic rings. The molecule has 16 nitrogen and oxygen atoms in total. The minimum Gasteiger partial charge on any atom is -0.465 e. The Morgan fingerprint density at radius 2 is 1.69 bits per heavy atom. The molecule has 16 atom stereocenters. The molecule has 0 bridgehead atoms. The van der Waals surface area contributed by atoms with Crippen LogP contribution in [0.2, 0.25) is 0 Å². The fourth-order valence-electron chi connectivity index (χ4n) is 12.5. The normalized spacial score (nSPS) is 36.5. The van der Waals surface area contributed by atoms with Gasteiger partial charge in [0.1, 0.15) is 18.0 Å². The Morgan fingerprint density at radius 1 is 0.986 bits per heavy atom. The third-order valence-corrected chi connectivity index (χ3v) is 16.7. The van der Waals surface area contributed by atoms with Crippen LogP contribution >= 0.6 is 0 Å².